The fraction of sp³-hybridized carbons (Fsp3) is 1.00. The van der Waals surface area contributed by atoms with Gasteiger partial charge in [0.05, 0.1) is 0 Å². The van der Waals surface area contributed by atoms with Crippen LogP contribution in [0.2, 0.25) is 0 Å². The molecule has 2 heteroatoms. The molecule has 1 N–H and O–H groups in total. The molecular weight excluding hydrogens is 244 g/mol. The minimum Gasteiger partial charge on any atom is -0.316 e. The van der Waals surface area contributed by atoms with Gasteiger partial charge in [-0.25, -0.2) is 0 Å². The summed E-state index contributed by atoms with van der Waals surface area (Å²) in [6.45, 7) is 14.3. The lowest BCUT2D eigenvalue weighted by molar-refractivity contribution is 0.119. The van der Waals surface area contributed by atoms with Crippen molar-refractivity contribution < 1.29 is 0 Å². The normalized spacial score (nSPS) is 18.3. The first-order valence-corrected chi connectivity index (χ1v) is 9.08. The molecule has 0 bridgehead atoms. The summed E-state index contributed by atoms with van der Waals surface area (Å²) >= 11 is 0. The highest BCUT2D eigenvalue weighted by Gasteiger charge is 2.35. The van der Waals surface area contributed by atoms with Crippen molar-refractivity contribution in [2.24, 2.45) is 5.41 Å². The molecule has 1 rings (SSSR count). The zero-order valence-corrected chi connectivity index (χ0v) is 14.5. The second-order valence-corrected chi connectivity index (χ2v) is 7.16. The summed E-state index contributed by atoms with van der Waals surface area (Å²) in [5.41, 5.74) is 0.561. The van der Waals surface area contributed by atoms with Crippen LogP contribution in [0.25, 0.3) is 0 Å². The minimum atomic E-state index is 0.561. The van der Waals surface area contributed by atoms with Crippen LogP contribution in [-0.4, -0.2) is 37.1 Å². The summed E-state index contributed by atoms with van der Waals surface area (Å²) in [4.78, 5) is 2.74. The topological polar surface area (TPSA) is 15.3 Å². The Balaban J connectivity index is 2.51. The van der Waals surface area contributed by atoms with Gasteiger partial charge in [-0.05, 0) is 58.0 Å². The molecular formula is C18H38N2. The van der Waals surface area contributed by atoms with Gasteiger partial charge in [-0.3, -0.25) is 0 Å². The average Bonchev–Trinajstić information content (AvgIpc) is 2.87. The Morgan fingerprint density at radius 3 is 2.30 bits per heavy atom. The number of nitrogens with one attached hydrogen (secondary N) is 1. The zero-order chi connectivity index (χ0) is 14.8. The molecule has 0 atom stereocenters. The highest BCUT2D eigenvalue weighted by Crippen LogP contribution is 2.38. The molecule has 20 heavy (non-hydrogen) atoms. The lowest BCUT2D eigenvalue weighted by Gasteiger charge is -2.38. The van der Waals surface area contributed by atoms with E-state index in [2.05, 4.69) is 37.9 Å². The van der Waals surface area contributed by atoms with Crippen molar-refractivity contribution in [2.75, 3.05) is 26.2 Å². The van der Waals surface area contributed by atoms with E-state index >= 15 is 0 Å². The number of rotatable bonds is 11. The van der Waals surface area contributed by atoms with Crippen LogP contribution >= 0.6 is 0 Å². The van der Waals surface area contributed by atoms with E-state index < -0.39 is 0 Å². The number of nitrogens with zero attached hydrogens (tertiary/aromatic N) is 1. The first kappa shape index (κ1) is 18.0. The smallest absolute Gasteiger partial charge is 0.00528 e. The molecule has 1 aliphatic rings. The lowest BCUT2D eigenvalue weighted by atomic mass is 9.85. The summed E-state index contributed by atoms with van der Waals surface area (Å²) < 4.78 is 0. The zero-order valence-electron chi connectivity index (χ0n) is 14.5. The third-order valence-electron chi connectivity index (χ3n) is 4.91. The Labute approximate surface area is 127 Å². The first-order chi connectivity index (χ1) is 9.63. The summed E-state index contributed by atoms with van der Waals surface area (Å²) in [7, 11) is 0. The van der Waals surface area contributed by atoms with Gasteiger partial charge in [0.2, 0.25) is 0 Å². The molecule has 0 saturated heterocycles. The second-order valence-electron chi connectivity index (χ2n) is 7.16. The van der Waals surface area contributed by atoms with Crippen LogP contribution in [0.5, 0.6) is 0 Å². The SMILES string of the molecule is CCCCCN(CC1(CNCCC)CCCC1)C(C)C. The molecule has 0 aromatic rings. The van der Waals surface area contributed by atoms with E-state index in [1.165, 1.54) is 77.5 Å². The summed E-state index contributed by atoms with van der Waals surface area (Å²) in [6.07, 6.45) is 11.1. The van der Waals surface area contributed by atoms with E-state index in [9.17, 15) is 0 Å². The Kier molecular flexibility index (Phi) is 8.79. The molecule has 0 spiro atoms. The second kappa shape index (κ2) is 9.78. The highest BCUT2D eigenvalue weighted by atomic mass is 15.2. The van der Waals surface area contributed by atoms with Crippen molar-refractivity contribution in [1.29, 1.82) is 0 Å². The van der Waals surface area contributed by atoms with Gasteiger partial charge in [0.1, 0.15) is 0 Å². The van der Waals surface area contributed by atoms with Gasteiger partial charge in [-0.15, -0.1) is 0 Å². The number of hydrogen-bond donors (Lipinski definition) is 1. The van der Waals surface area contributed by atoms with E-state index in [-0.39, 0.29) is 0 Å². The van der Waals surface area contributed by atoms with Crippen molar-refractivity contribution in [3.8, 4) is 0 Å². The van der Waals surface area contributed by atoms with Gasteiger partial charge in [0.25, 0.3) is 0 Å². The van der Waals surface area contributed by atoms with Crippen LogP contribution in [0, 0.1) is 5.41 Å². The minimum absolute atomic E-state index is 0.561. The Hall–Kier alpha value is -0.0800. The van der Waals surface area contributed by atoms with Gasteiger partial charge in [-0.1, -0.05) is 39.5 Å². The third-order valence-corrected chi connectivity index (χ3v) is 4.91. The Morgan fingerprint density at radius 2 is 1.75 bits per heavy atom. The molecule has 0 radical (unpaired) electrons. The molecule has 0 aromatic heterocycles. The van der Waals surface area contributed by atoms with E-state index in [0.717, 1.165) is 0 Å². The molecule has 1 fully saturated rings. The van der Waals surface area contributed by atoms with Gasteiger partial charge in [0.15, 0.2) is 0 Å². The van der Waals surface area contributed by atoms with Crippen LogP contribution < -0.4 is 5.32 Å². The van der Waals surface area contributed by atoms with Crippen LogP contribution in [0.3, 0.4) is 0 Å². The lowest BCUT2D eigenvalue weighted by Crippen LogP contribution is -2.45. The van der Waals surface area contributed by atoms with Crippen molar-refractivity contribution in [3.63, 3.8) is 0 Å². The highest BCUT2D eigenvalue weighted by molar-refractivity contribution is 4.90. The van der Waals surface area contributed by atoms with Crippen LogP contribution in [0.15, 0.2) is 0 Å². The van der Waals surface area contributed by atoms with Crippen molar-refractivity contribution in [3.05, 3.63) is 0 Å². The quantitative estimate of drug-likeness (QED) is 0.563. The van der Waals surface area contributed by atoms with Gasteiger partial charge in [-0.2, -0.15) is 0 Å². The van der Waals surface area contributed by atoms with Crippen LogP contribution in [0.1, 0.15) is 79.1 Å². The van der Waals surface area contributed by atoms with E-state index in [1.54, 1.807) is 0 Å². The Morgan fingerprint density at radius 1 is 1.05 bits per heavy atom. The predicted molar refractivity (Wildman–Crippen MR) is 90.3 cm³/mol. The molecule has 1 saturated carbocycles. The van der Waals surface area contributed by atoms with E-state index in [0.29, 0.717) is 11.5 Å². The van der Waals surface area contributed by atoms with Crippen molar-refractivity contribution >= 4 is 0 Å². The largest absolute Gasteiger partial charge is 0.316 e. The molecule has 120 valence electrons. The molecule has 0 amide bonds. The van der Waals surface area contributed by atoms with E-state index in [4.69, 9.17) is 0 Å². The number of hydrogen-bond acceptors (Lipinski definition) is 2. The van der Waals surface area contributed by atoms with Crippen LogP contribution in [0.4, 0.5) is 0 Å². The summed E-state index contributed by atoms with van der Waals surface area (Å²) in [6, 6.07) is 0.690. The van der Waals surface area contributed by atoms with Crippen LogP contribution in [-0.2, 0) is 0 Å². The van der Waals surface area contributed by atoms with Crippen molar-refractivity contribution in [2.45, 2.75) is 85.1 Å². The van der Waals surface area contributed by atoms with Gasteiger partial charge >= 0.3 is 0 Å². The third kappa shape index (κ3) is 6.13. The van der Waals surface area contributed by atoms with Crippen molar-refractivity contribution in [1.82, 2.24) is 10.2 Å². The number of unbranched alkanes of at least 4 members (excludes halogenated alkanes) is 2. The maximum Gasteiger partial charge on any atom is 0.00528 e. The van der Waals surface area contributed by atoms with Gasteiger partial charge in [0, 0.05) is 19.1 Å². The maximum absolute atomic E-state index is 3.70. The van der Waals surface area contributed by atoms with E-state index in [1.807, 2.05) is 0 Å². The molecule has 1 aliphatic carbocycles. The first-order valence-electron chi connectivity index (χ1n) is 9.08. The average molecular weight is 283 g/mol. The molecule has 2 nitrogen and oxygen atoms in total. The summed E-state index contributed by atoms with van der Waals surface area (Å²) in [5, 5.41) is 3.70. The molecule has 0 heterocycles. The van der Waals surface area contributed by atoms with Gasteiger partial charge < -0.3 is 10.2 Å². The fourth-order valence-corrected chi connectivity index (χ4v) is 3.56. The predicted octanol–water partition coefficient (Wildman–Crippen LogP) is 4.45. The fourth-order valence-electron chi connectivity index (χ4n) is 3.56. The molecule has 0 unspecified atom stereocenters. The molecule has 0 aromatic carbocycles. The monoisotopic (exact) mass is 282 g/mol. The Bertz CT molecular complexity index is 232. The molecule has 0 aliphatic heterocycles. The standard InChI is InChI=1S/C18H38N2/c1-5-7-10-14-20(17(3)4)16-18(11-8-9-12-18)15-19-13-6-2/h17,19H,5-16H2,1-4H3. The maximum atomic E-state index is 3.70. The summed E-state index contributed by atoms with van der Waals surface area (Å²) in [5.74, 6) is 0.